The lowest BCUT2D eigenvalue weighted by molar-refractivity contribution is -0.124. The van der Waals surface area contributed by atoms with Crippen LogP contribution in [0.5, 0.6) is 0 Å². The van der Waals surface area contributed by atoms with Crippen LogP contribution in [0, 0.1) is 13.8 Å². The number of hydrogen-bond acceptors (Lipinski definition) is 2. The van der Waals surface area contributed by atoms with E-state index in [0.717, 1.165) is 15.7 Å². The van der Waals surface area contributed by atoms with Gasteiger partial charge in [0.2, 0.25) is 5.91 Å². The molecule has 0 spiro atoms. The van der Waals surface area contributed by atoms with Crippen LogP contribution >= 0.6 is 15.9 Å². The summed E-state index contributed by atoms with van der Waals surface area (Å²) in [6.07, 6.45) is 0. The molecule has 1 aliphatic rings. The van der Waals surface area contributed by atoms with Crippen molar-refractivity contribution >= 4 is 33.4 Å². The molecule has 0 radical (unpaired) electrons. The summed E-state index contributed by atoms with van der Waals surface area (Å²) in [5, 5.41) is 0. The summed E-state index contributed by atoms with van der Waals surface area (Å²) < 4.78 is 0.924. The van der Waals surface area contributed by atoms with Gasteiger partial charge in [0.15, 0.2) is 0 Å². The Morgan fingerprint density at radius 3 is 2.40 bits per heavy atom. The van der Waals surface area contributed by atoms with E-state index in [4.69, 9.17) is 0 Å². The lowest BCUT2D eigenvalue weighted by Crippen LogP contribution is -2.57. The van der Waals surface area contributed by atoms with Gasteiger partial charge in [0.25, 0.3) is 5.91 Å². The minimum absolute atomic E-state index is 0.0383. The van der Waals surface area contributed by atoms with E-state index in [1.54, 1.807) is 28.9 Å². The Kier molecular flexibility index (Phi) is 4.95. The lowest BCUT2D eigenvalue weighted by atomic mass is 10.1. The highest BCUT2D eigenvalue weighted by Gasteiger charge is 2.35. The van der Waals surface area contributed by atoms with Crippen LogP contribution in [0.15, 0.2) is 46.9 Å². The van der Waals surface area contributed by atoms with Crippen molar-refractivity contribution in [3.63, 3.8) is 0 Å². The molecule has 0 N–H and O–H groups in total. The van der Waals surface area contributed by atoms with Gasteiger partial charge < -0.3 is 9.80 Å². The number of amides is 2. The summed E-state index contributed by atoms with van der Waals surface area (Å²) in [5.74, 6) is -0.141. The van der Waals surface area contributed by atoms with Crippen LogP contribution in [-0.4, -0.2) is 35.8 Å². The van der Waals surface area contributed by atoms with Gasteiger partial charge >= 0.3 is 0 Å². The monoisotopic (exact) mass is 400 g/mol. The molecule has 1 saturated heterocycles. The first-order valence-electron chi connectivity index (χ1n) is 8.33. The largest absolute Gasteiger partial charge is 0.325 e. The molecule has 0 aliphatic carbocycles. The number of piperazine rings is 1. The van der Waals surface area contributed by atoms with Gasteiger partial charge in [-0.05, 0) is 56.7 Å². The van der Waals surface area contributed by atoms with Crippen molar-refractivity contribution < 1.29 is 9.59 Å². The molecule has 0 bridgehead atoms. The topological polar surface area (TPSA) is 40.6 Å². The van der Waals surface area contributed by atoms with Crippen molar-refractivity contribution in [3.05, 3.63) is 63.6 Å². The number of hydrogen-bond donors (Lipinski definition) is 0. The highest BCUT2D eigenvalue weighted by atomic mass is 79.9. The molecule has 1 aliphatic heterocycles. The van der Waals surface area contributed by atoms with Crippen LogP contribution in [0.25, 0.3) is 0 Å². The van der Waals surface area contributed by atoms with Crippen molar-refractivity contribution in [2.24, 2.45) is 0 Å². The molecule has 1 unspecified atom stereocenters. The zero-order valence-electron chi connectivity index (χ0n) is 14.6. The molecule has 1 heterocycles. The molecule has 5 heteroatoms. The van der Waals surface area contributed by atoms with E-state index >= 15 is 0 Å². The minimum Gasteiger partial charge on any atom is -0.325 e. The van der Waals surface area contributed by atoms with Gasteiger partial charge in [-0.15, -0.1) is 0 Å². The molecule has 1 atom stereocenters. The summed E-state index contributed by atoms with van der Waals surface area (Å²) in [7, 11) is 0. The van der Waals surface area contributed by atoms with Gasteiger partial charge in [0, 0.05) is 28.8 Å². The first kappa shape index (κ1) is 17.7. The van der Waals surface area contributed by atoms with Crippen LogP contribution in [0.4, 0.5) is 5.69 Å². The molecule has 2 aromatic rings. The predicted octanol–water partition coefficient (Wildman–Crippen LogP) is 3.94. The average Bonchev–Trinajstić information content (AvgIpc) is 2.58. The third kappa shape index (κ3) is 3.47. The summed E-state index contributed by atoms with van der Waals surface area (Å²) in [6, 6.07) is 12.8. The number of nitrogens with zero attached hydrogens (tertiary/aromatic N) is 2. The van der Waals surface area contributed by atoms with Gasteiger partial charge in [0.1, 0.15) is 6.04 Å². The summed E-state index contributed by atoms with van der Waals surface area (Å²) in [4.78, 5) is 29.1. The smallest absolute Gasteiger partial charge is 0.254 e. The number of halogens is 1. The van der Waals surface area contributed by atoms with Gasteiger partial charge in [-0.3, -0.25) is 9.59 Å². The molecule has 2 aromatic carbocycles. The van der Waals surface area contributed by atoms with Gasteiger partial charge in [0.05, 0.1) is 0 Å². The van der Waals surface area contributed by atoms with Crippen LogP contribution in [-0.2, 0) is 4.79 Å². The zero-order valence-corrected chi connectivity index (χ0v) is 16.2. The van der Waals surface area contributed by atoms with E-state index in [1.165, 1.54) is 5.56 Å². The van der Waals surface area contributed by atoms with Crippen LogP contribution in [0.1, 0.15) is 28.4 Å². The molecule has 130 valence electrons. The molecule has 25 heavy (non-hydrogen) atoms. The van der Waals surface area contributed by atoms with E-state index < -0.39 is 6.04 Å². The Hall–Kier alpha value is -2.14. The van der Waals surface area contributed by atoms with E-state index in [0.29, 0.717) is 18.7 Å². The van der Waals surface area contributed by atoms with Crippen LogP contribution in [0.3, 0.4) is 0 Å². The van der Waals surface area contributed by atoms with E-state index in [1.807, 2.05) is 38.1 Å². The van der Waals surface area contributed by atoms with Gasteiger partial charge in [-0.2, -0.15) is 0 Å². The maximum absolute atomic E-state index is 12.9. The first-order chi connectivity index (χ1) is 11.9. The number of rotatable bonds is 2. The molecular weight excluding hydrogens is 380 g/mol. The van der Waals surface area contributed by atoms with Crippen LogP contribution < -0.4 is 4.90 Å². The van der Waals surface area contributed by atoms with Gasteiger partial charge in [-0.25, -0.2) is 0 Å². The summed E-state index contributed by atoms with van der Waals surface area (Å²) in [6.45, 7) is 6.88. The molecule has 0 aromatic heterocycles. The highest BCUT2D eigenvalue weighted by Crippen LogP contribution is 2.26. The molecular formula is C20H21BrN2O2. The molecule has 1 fully saturated rings. The predicted molar refractivity (Wildman–Crippen MR) is 103 cm³/mol. The number of carbonyl (C=O) groups is 2. The third-order valence-electron chi connectivity index (χ3n) is 4.65. The third-order valence-corrected chi connectivity index (χ3v) is 5.18. The Morgan fingerprint density at radius 1 is 1.08 bits per heavy atom. The second-order valence-corrected chi connectivity index (χ2v) is 7.38. The fraction of sp³-hybridized carbons (Fsp3) is 0.300. The normalized spacial score (nSPS) is 17.8. The highest BCUT2D eigenvalue weighted by molar-refractivity contribution is 9.10. The number of anilines is 1. The summed E-state index contributed by atoms with van der Waals surface area (Å²) in [5.41, 5.74) is 3.78. The van der Waals surface area contributed by atoms with Crippen LogP contribution in [0.2, 0.25) is 0 Å². The van der Waals surface area contributed by atoms with Crippen molar-refractivity contribution in [1.29, 1.82) is 0 Å². The maximum Gasteiger partial charge on any atom is 0.254 e. The standard InChI is InChI=1S/C20H21BrN2O2/c1-13-4-9-18(14(2)12-13)23-11-10-22(15(3)19(23)24)20(25)16-5-7-17(21)8-6-16/h4-9,12,15H,10-11H2,1-3H3. The van der Waals surface area contributed by atoms with Crippen molar-refractivity contribution in [2.75, 3.05) is 18.0 Å². The number of benzene rings is 2. The average molecular weight is 401 g/mol. The Labute approximate surface area is 156 Å². The van der Waals surface area contributed by atoms with Gasteiger partial charge in [-0.1, -0.05) is 33.6 Å². The quantitative estimate of drug-likeness (QED) is 0.765. The fourth-order valence-electron chi connectivity index (χ4n) is 3.25. The maximum atomic E-state index is 12.9. The lowest BCUT2D eigenvalue weighted by Gasteiger charge is -2.39. The van der Waals surface area contributed by atoms with E-state index in [9.17, 15) is 9.59 Å². The van der Waals surface area contributed by atoms with E-state index in [-0.39, 0.29) is 11.8 Å². The van der Waals surface area contributed by atoms with Crippen molar-refractivity contribution in [1.82, 2.24) is 4.90 Å². The zero-order chi connectivity index (χ0) is 18.1. The number of carbonyl (C=O) groups excluding carboxylic acids is 2. The Morgan fingerprint density at radius 2 is 1.76 bits per heavy atom. The fourth-order valence-corrected chi connectivity index (χ4v) is 3.52. The number of aryl methyl sites for hydroxylation is 2. The molecule has 2 amide bonds. The second kappa shape index (κ2) is 7.00. The van der Waals surface area contributed by atoms with Crippen molar-refractivity contribution in [2.45, 2.75) is 26.8 Å². The Balaban J connectivity index is 1.81. The van der Waals surface area contributed by atoms with E-state index in [2.05, 4.69) is 22.0 Å². The minimum atomic E-state index is -0.481. The van der Waals surface area contributed by atoms with Crippen molar-refractivity contribution in [3.8, 4) is 0 Å². The molecule has 0 saturated carbocycles. The molecule has 3 rings (SSSR count). The summed E-state index contributed by atoms with van der Waals surface area (Å²) >= 11 is 3.37. The first-order valence-corrected chi connectivity index (χ1v) is 9.13. The SMILES string of the molecule is Cc1ccc(N2CCN(C(=O)c3ccc(Br)cc3)C(C)C2=O)c(C)c1. The Bertz CT molecular complexity index is 817. The molecule has 4 nitrogen and oxygen atoms in total. The second-order valence-electron chi connectivity index (χ2n) is 6.46.